The van der Waals surface area contributed by atoms with Crippen LogP contribution < -0.4 is 10.5 Å². The fourth-order valence-electron chi connectivity index (χ4n) is 1.06. The molecule has 0 fully saturated rings. The fraction of sp³-hybridized carbons (Fsp3) is 0.222. The summed E-state index contributed by atoms with van der Waals surface area (Å²) in [6.07, 6.45) is -0.863. The topological polar surface area (TPSA) is 119 Å². The van der Waals surface area contributed by atoms with Gasteiger partial charge in [-0.3, -0.25) is 5.32 Å². The number of anilines is 1. The maximum Gasteiger partial charge on any atom is 0.411 e. The van der Waals surface area contributed by atoms with Gasteiger partial charge in [-0.1, -0.05) is 11.6 Å². The smallest absolute Gasteiger partial charge is 0.411 e. The van der Waals surface area contributed by atoms with Gasteiger partial charge >= 0.3 is 6.09 Å². The zero-order chi connectivity index (χ0) is 13.8. The first-order chi connectivity index (χ1) is 8.34. The highest BCUT2D eigenvalue weighted by Gasteiger charge is 2.12. The Labute approximate surface area is 109 Å². The van der Waals surface area contributed by atoms with Gasteiger partial charge in [0.15, 0.2) is 0 Å². The molecule has 0 aliphatic rings. The number of aliphatic hydroxyl groups is 1. The molecule has 0 saturated carbocycles. The molecule has 0 radical (unpaired) electrons. The molecule has 0 aliphatic heterocycles. The molecule has 0 spiro atoms. The quantitative estimate of drug-likeness (QED) is 0.748. The molecule has 7 nitrogen and oxygen atoms in total. The maximum absolute atomic E-state index is 11.2. The Morgan fingerprint density at radius 1 is 1.50 bits per heavy atom. The van der Waals surface area contributed by atoms with E-state index >= 15 is 0 Å². The first-order valence-corrected chi connectivity index (χ1v) is 6.64. The second-order valence-corrected chi connectivity index (χ2v) is 5.14. The van der Waals surface area contributed by atoms with E-state index in [0.717, 1.165) is 6.07 Å². The summed E-state index contributed by atoms with van der Waals surface area (Å²) in [5, 5.41) is 15.8. The molecule has 100 valence electrons. The molecule has 0 bridgehead atoms. The Kier molecular flexibility index (Phi) is 4.91. The Morgan fingerprint density at radius 2 is 2.17 bits per heavy atom. The molecular weight excluding hydrogens is 284 g/mol. The van der Waals surface area contributed by atoms with Gasteiger partial charge in [0.1, 0.15) is 6.61 Å². The van der Waals surface area contributed by atoms with Gasteiger partial charge in [0.2, 0.25) is 10.0 Å². The number of aliphatic hydroxyl groups excluding tert-OH is 1. The van der Waals surface area contributed by atoms with Crippen LogP contribution in [-0.2, 0) is 14.8 Å². The molecule has 0 aromatic heterocycles. The zero-order valence-electron chi connectivity index (χ0n) is 9.09. The number of benzene rings is 1. The van der Waals surface area contributed by atoms with E-state index in [1.165, 1.54) is 12.1 Å². The number of hydrogen-bond acceptors (Lipinski definition) is 5. The second-order valence-electron chi connectivity index (χ2n) is 3.17. The highest BCUT2D eigenvalue weighted by atomic mass is 35.5. The van der Waals surface area contributed by atoms with Crippen molar-refractivity contribution in [2.75, 3.05) is 18.5 Å². The van der Waals surface area contributed by atoms with Crippen LogP contribution in [0.2, 0.25) is 5.02 Å². The van der Waals surface area contributed by atoms with Crippen molar-refractivity contribution >= 4 is 33.4 Å². The lowest BCUT2D eigenvalue weighted by Crippen LogP contribution is -2.17. The van der Waals surface area contributed by atoms with E-state index in [1.807, 2.05) is 0 Å². The number of amides is 1. The number of primary sulfonamides is 1. The predicted octanol–water partition coefficient (Wildman–Crippen LogP) is 0.528. The highest BCUT2D eigenvalue weighted by Crippen LogP contribution is 2.24. The van der Waals surface area contributed by atoms with Crippen LogP contribution in [0.5, 0.6) is 0 Å². The molecule has 1 amide bonds. The largest absolute Gasteiger partial charge is 0.447 e. The highest BCUT2D eigenvalue weighted by molar-refractivity contribution is 7.89. The van der Waals surface area contributed by atoms with Gasteiger partial charge in [-0.2, -0.15) is 0 Å². The first-order valence-electron chi connectivity index (χ1n) is 4.71. The summed E-state index contributed by atoms with van der Waals surface area (Å²) < 4.78 is 26.8. The third-order valence-electron chi connectivity index (χ3n) is 1.83. The second kappa shape index (κ2) is 6.01. The molecular formula is C9H11ClN2O5S. The van der Waals surface area contributed by atoms with Gasteiger partial charge in [-0.05, 0) is 18.2 Å². The number of carbonyl (C=O) groups excluding carboxylic acids is 1. The van der Waals surface area contributed by atoms with Crippen LogP contribution in [0, 0.1) is 0 Å². The van der Waals surface area contributed by atoms with Crippen LogP contribution in [0.3, 0.4) is 0 Å². The SMILES string of the molecule is NS(=O)(=O)c1ccc(Cl)c(NC(=O)OCCO)c1. The van der Waals surface area contributed by atoms with Gasteiger partial charge in [0.05, 0.1) is 22.2 Å². The number of carbonyl (C=O) groups is 1. The van der Waals surface area contributed by atoms with E-state index in [0.29, 0.717) is 0 Å². The number of halogens is 1. The maximum atomic E-state index is 11.2. The van der Waals surface area contributed by atoms with Crippen molar-refractivity contribution in [2.45, 2.75) is 4.90 Å². The summed E-state index contributed by atoms with van der Waals surface area (Å²) in [5.41, 5.74) is 0.0473. The average Bonchev–Trinajstić information content (AvgIpc) is 2.28. The molecule has 0 atom stereocenters. The molecule has 0 heterocycles. The van der Waals surface area contributed by atoms with Crippen LogP contribution in [0.4, 0.5) is 10.5 Å². The van der Waals surface area contributed by atoms with Gasteiger partial charge in [-0.25, -0.2) is 18.4 Å². The Hall–Kier alpha value is -1.35. The van der Waals surface area contributed by atoms with Crippen molar-refractivity contribution in [1.29, 1.82) is 0 Å². The van der Waals surface area contributed by atoms with Crippen molar-refractivity contribution < 1.29 is 23.1 Å². The van der Waals surface area contributed by atoms with E-state index in [4.69, 9.17) is 21.8 Å². The minimum absolute atomic E-state index is 0.0473. The Morgan fingerprint density at radius 3 is 2.72 bits per heavy atom. The van der Waals surface area contributed by atoms with Crippen LogP contribution in [0.25, 0.3) is 0 Å². The average molecular weight is 295 g/mol. The minimum atomic E-state index is -3.89. The number of rotatable bonds is 4. The standard InChI is InChI=1S/C9H11ClN2O5S/c10-7-2-1-6(18(11,15)16)5-8(7)12-9(14)17-4-3-13/h1-2,5,13H,3-4H2,(H,12,14)(H2,11,15,16). The van der Waals surface area contributed by atoms with Gasteiger partial charge in [-0.15, -0.1) is 0 Å². The first kappa shape index (κ1) is 14.7. The Balaban J connectivity index is 2.92. The van der Waals surface area contributed by atoms with E-state index in [9.17, 15) is 13.2 Å². The van der Waals surface area contributed by atoms with Crippen molar-refractivity contribution in [3.63, 3.8) is 0 Å². The summed E-state index contributed by atoms with van der Waals surface area (Å²) >= 11 is 5.77. The monoisotopic (exact) mass is 294 g/mol. The summed E-state index contributed by atoms with van der Waals surface area (Å²) in [7, 11) is -3.89. The van der Waals surface area contributed by atoms with E-state index in [2.05, 4.69) is 10.1 Å². The summed E-state index contributed by atoms with van der Waals surface area (Å²) in [5.74, 6) is 0. The van der Waals surface area contributed by atoms with Crippen molar-refractivity contribution in [2.24, 2.45) is 5.14 Å². The Bertz CT molecular complexity index is 546. The molecule has 18 heavy (non-hydrogen) atoms. The van der Waals surface area contributed by atoms with Crippen molar-refractivity contribution in [3.8, 4) is 0 Å². The summed E-state index contributed by atoms with van der Waals surface area (Å²) in [4.78, 5) is 11.0. The summed E-state index contributed by atoms with van der Waals surface area (Å²) in [6, 6.07) is 3.60. The molecule has 0 aliphatic carbocycles. The third kappa shape index (κ3) is 4.15. The number of hydrogen-bond donors (Lipinski definition) is 3. The molecule has 0 saturated heterocycles. The molecule has 4 N–H and O–H groups in total. The van der Waals surface area contributed by atoms with E-state index < -0.39 is 16.1 Å². The molecule has 0 unspecified atom stereocenters. The molecule has 1 aromatic rings. The number of nitrogens with two attached hydrogens (primary N) is 1. The number of ether oxygens (including phenoxy) is 1. The van der Waals surface area contributed by atoms with Gasteiger partial charge in [0.25, 0.3) is 0 Å². The van der Waals surface area contributed by atoms with Crippen molar-refractivity contribution in [3.05, 3.63) is 23.2 Å². The minimum Gasteiger partial charge on any atom is -0.447 e. The normalized spacial score (nSPS) is 11.1. The van der Waals surface area contributed by atoms with Crippen LogP contribution in [-0.4, -0.2) is 32.8 Å². The summed E-state index contributed by atoms with van der Waals surface area (Å²) in [6.45, 7) is -0.503. The van der Waals surface area contributed by atoms with Gasteiger partial charge < -0.3 is 9.84 Å². The molecule has 1 rings (SSSR count). The lowest BCUT2D eigenvalue weighted by atomic mass is 10.3. The van der Waals surface area contributed by atoms with Gasteiger partial charge in [0, 0.05) is 0 Å². The fourth-order valence-corrected chi connectivity index (χ4v) is 1.77. The third-order valence-corrected chi connectivity index (χ3v) is 3.07. The van der Waals surface area contributed by atoms with E-state index in [1.54, 1.807) is 0 Å². The van der Waals surface area contributed by atoms with E-state index in [-0.39, 0.29) is 28.8 Å². The molecule has 1 aromatic carbocycles. The number of nitrogens with one attached hydrogen (secondary N) is 1. The predicted molar refractivity (Wildman–Crippen MR) is 64.9 cm³/mol. The van der Waals surface area contributed by atoms with Crippen molar-refractivity contribution in [1.82, 2.24) is 0 Å². The van der Waals surface area contributed by atoms with Crippen LogP contribution in [0.15, 0.2) is 23.1 Å². The lowest BCUT2D eigenvalue weighted by Gasteiger charge is -2.08. The molecule has 9 heteroatoms. The zero-order valence-corrected chi connectivity index (χ0v) is 10.7. The lowest BCUT2D eigenvalue weighted by molar-refractivity contribution is 0.131. The van der Waals surface area contributed by atoms with Crippen LogP contribution >= 0.6 is 11.6 Å². The number of sulfonamides is 1. The van der Waals surface area contributed by atoms with Crippen LogP contribution in [0.1, 0.15) is 0 Å².